The second-order valence-corrected chi connectivity index (χ2v) is 4.88. The first-order valence-electron chi connectivity index (χ1n) is 6.68. The van der Waals surface area contributed by atoms with Crippen LogP contribution >= 0.6 is 11.6 Å². The van der Waals surface area contributed by atoms with Gasteiger partial charge in [-0.2, -0.15) is 5.48 Å². The molecule has 0 aliphatic carbocycles. The van der Waals surface area contributed by atoms with Crippen molar-refractivity contribution in [2.75, 3.05) is 7.11 Å². The highest BCUT2D eigenvalue weighted by Crippen LogP contribution is 2.24. The number of ether oxygens (including phenoxy) is 1. The van der Waals surface area contributed by atoms with E-state index in [9.17, 15) is 9.59 Å². The molecule has 0 aliphatic heterocycles. The Morgan fingerprint density at radius 1 is 1.13 bits per heavy atom. The Bertz CT molecular complexity index is 729. The Balaban J connectivity index is 1.93. The fourth-order valence-corrected chi connectivity index (χ4v) is 1.91. The number of amides is 1. The van der Waals surface area contributed by atoms with Crippen molar-refractivity contribution in [2.45, 2.75) is 0 Å². The van der Waals surface area contributed by atoms with Gasteiger partial charge in [0.25, 0.3) is 5.91 Å². The summed E-state index contributed by atoms with van der Waals surface area (Å²) < 4.78 is 5.16. The molecule has 2 rings (SSSR count). The Labute approximate surface area is 138 Å². The van der Waals surface area contributed by atoms with E-state index < -0.39 is 11.9 Å². The van der Waals surface area contributed by atoms with E-state index in [1.165, 1.54) is 19.3 Å². The third-order valence-corrected chi connectivity index (χ3v) is 3.10. The first-order valence-corrected chi connectivity index (χ1v) is 7.06. The normalized spacial score (nSPS) is 10.3. The molecule has 0 saturated carbocycles. The number of benzene rings is 2. The Morgan fingerprint density at radius 2 is 1.87 bits per heavy atom. The average Bonchev–Trinajstić information content (AvgIpc) is 2.59. The van der Waals surface area contributed by atoms with Crippen LogP contribution in [0.2, 0.25) is 5.02 Å². The molecule has 6 heteroatoms. The van der Waals surface area contributed by atoms with Crippen molar-refractivity contribution in [2.24, 2.45) is 0 Å². The Morgan fingerprint density at radius 3 is 2.57 bits per heavy atom. The first-order chi connectivity index (χ1) is 11.1. The van der Waals surface area contributed by atoms with Gasteiger partial charge in [0.1, 0.15) is 5.75 Å². The summed E-state index contributed by atoms with van der Waals surface area (Å²) in [7, 11) is 1.50. The molecule has 118 valence electrons. The van der Waals surface area contributed by atoms with E-state index >= 15 is 0 Å². The van der Waals surface area contributed by atoms with Crippen LogP contribution in [-0.2, 0) is 9.63 Å². The molecule has 5 nitrogen and oxygen atoms in total. The van der Waals surface area contributed by atoms with Gasteiger partial charge < -0.3 is 9.57 Å². The highest BCUT2D eigenvalue weighted by atomic mass is 35.5. The van der Waals surface area contributed by atoms with Gasteiger partial charge in [-0.15, -0.1) is 0 Å². The molecular weight excluding hydrogens is 318 g/mol. The summed E-state index contributed by atoms with van der Waals surface area (Å²) in [6.45, 7) is 0. The number of rotatable bonds is 4. The second-order valence-electron chi connectivity index (χ2n) is 4.44. The Kier molecular flexibility index (Phi) is 5.77. The van der Waals surface area contributed by atoms with Crippen LogP contribution in [0.25, 0.3) is 6.08 Å². The number of methoxy groups -OCH3 is 1. The van der Waals surface area contributed by atoms with Crippen molar-refractivity contribution >= 4 is 29.6 Å². The van der Waals surface area contributed by atoms with Gasteiger partial charge >= 0.3 is 5.97 Å². The molecule has 0 atom stereocenters. The van der Waals surface area contributed by atoms with Crippen LogP contribution in [-0.4, -0.2) is 19.0 Å². The van der Waals surface area contributed by atoms with Gasteiger partial charge in [0.15, 0.2) is 0 Å². The smallest absolute Gasteiger partial charge is 0.362 e. The van der Waals surface area contributed by atoms with E-state index in [-0.39, 0.29) is 0 Å². The van der Waals surface area contributed by atoms with Crippen LogP contribution in [0.3, 0.4) is 0 Å². The molecular formula is C17H14ClNO4. The van der Waals surface area contributed by atoms with E-state index in [0.29, 0.717) is 21.9 Å². The maximum atomic E-state index is 11.7. The first kappa shape index (κ1) is 16.6. The van der Waals surface area contributed by atoms with Crippen LogP contribution in [0.5, 0.6) is 5.75 Å². The number of hydrogen-bond donors (Lipinski definition) is 1. The van der Waals surface area contributed by atoms with Crippen molar-refractivity contribution < 1.29 is 19.2 Å². The SMILES string of the molecule is COc1cc(Cl)ccc1C=CC(=O)NOC(=O)c1ccccc1. The lowest BCUT2D eigenvalue weighted by atomic mass is 10.2. The van der Waals surface area contributed by atoms with Gasteiger partial charge in [-0.1, -0.05) is 29.8 Å². The molecule has 0 spiro atoms. The van der Waals surface area contributed by atoms with Crippen molar-refractivity contribution in [1.82, 2.24) is 5.48 Å². The molecule has 2 aromatic rings. The van der Waals surface area contributed by atoms with Crippen molar-refractivity contribution in [3.05, 3.63) is 70.8 Å². The highest BCUT2D eigenvalue weighted by molar-refractivity contribution is 6.30. The summed E-state index contributed by atoms with van der Waals surface area (Å²) in [6, 6.07) is 13.4. The van der Waals surface area contributed by atoms with Crippen LogP contribution in [0.1, 0.15) is 15.9 Å². The molecule has 1 N–H and O–H groups in total. The monoisotopic (exact) mass is 331 g/mol. The number of halogens is 1. The lowest BCUT2D eigenvalue weighted by molar-refractivity contribution is -0.124. The number of carbonyl (C=O) groups is 2. The number of carbonyl (C=O) groups excluding carboxylic acids is 2. The number of nitrogens with one attached hydrogen (secondary N) is 1. The zero-order valence-corrected chi connectivity index (χ0v) is 13.0. The fourth-order valence-electron chi connectivity index (χ4n) is 1.75. The molecule has 0 heterocycles. The minimum atomic E-state index is -0.642. The number of hydrogen-bond acceptors (Lipinski definition) is 4. The zero-order valence-electron chi connectivity index (χ0n) is 12.3. The lowest BCUT2D eigenvalue weighted by Gasteiger charge is -2.05. The minimum absolute atomic E-state index is 0.344. The molecule has 2 aromatic carbocycles. The van der Waals surface area contributed by atoms with Gasteiger partial charge in [-0.3, -0.25) is 4.79 Å². The van der Waals surface area contributed by atoms with Gasteiger partial charge in [0, 0.05) is 16.7 Å². The predicted octanol–water partition coefficient (Wildman–Crippen LogP) is 3.25. The molecule has 23 heavy (non-hydrogen) atoms. The summed E-state index contributed by atoms with van der Waals surface area (Å²) in [5.74, 6) is -0.689. The maximum Gasteiger partial charge on any atom is 0.362 e. The van der Waals surface area contributed by atoms with Crippen molar-refractivity contribution in [3.8, 4) is 5.75 Å². The van der Waals surface area contributed by atoms with E-state index in [0.717, 1.165) is 0 Å². The molecule has 1 amide bonds. The standard InChI is InChI=1S/C17H14ClNO4/c1-22-15-11-14(18)9-7-12(15)8-10-16(20)19-23-17(21)13-5-3-2-4-6-13/h2-11H,1H3,(H,19,20). The fraction of sp³-hybridized carbons (Fsp3) is 0.0588. The van der Waals surface area contributed by atoms with Crippen LogP contribution < -0.4 is 10.2 Å². The van der Waals surface area contributed by atoms with Crippen LogP contribution in [0.15, 0.2) is 54.6 Å². The largest absolute Gasteiger partial charge is 0.496 e. The summed E-state index contributed by atoms with van der Waals surface area (Å²) in [6.07, 6.45) is 2.75. The highest BCUT2D eigenvalue weighted by Gasteiger charge is 2.08. The van der Waals surface area contributed by atoms with Gasteiger partial charge in [0.2, 0.25) is 0 Å². The van der Waals surface area contributed by atoms with Crippen LogP contribution in [0, 0.1) is 0 Å². The van der Waals surface area contributed by atoms with E-state index in [1.54, 1.807) is 48.5 Å². The topological polar surface area (TPSA) is 64.6 Å². The average molecular weight is 332 g/mol. The van der Waals surface area contributed by atoms with E-state index in [4.69, 9.17) is 21.2 Å². The summed E-state index contributed by atoms with van der Waals surface area (Å²) in [5.41, 5.74) is 3.07. The van der Waals surface area contributed by atoms with Gasteiger partial charge in [-0.25, -0.2) is 4.79 Å². The molecule has 0 fully saturated rings. The molecule has 0 saturated heterocycles. The summed E-state index contributed by atoms with van der Waals surface area (Å²) >= 11 is 5.86. The molecule has 0 aliphatic rings. The molecule has 0 radical (unpaired) electrons. The lowest BCUT2D eigenvalue weighted by Crippen LogP contribution is -2.25. The van der Waals surface area contributed by atoms with Crippen LogP contribution in [0.4, 0.5) is 0 Å². The number of hydroxylamine groups is 1. The van der Waals surface area contributed by atoms with E-state index in [1.807, 2.05) is 0 Å². The summed E-state index contributed by atoms with van der Waals surface area (Å²) in [5, 5.41) is 0.528. The van der Waals surface area contributed by atoms with E-state index in [2.05, 4.69) is 5.48 Å². The molecule has 0 bridgehead atoms. The third-order valence-electron chi connectivity index (χ3n) is 2.86. The third kappa shape index (κ3) is 4.86. The van der Waals surface area contributed by atoms with Gasteiger partial charge in [0.05, 0.1) is 12.7 Å². The summed E-state index contributed by atoms with van der Waals surface area (Å²) in [4.78, 5) is 28.1. The van der Waals surface area contributed by atoms with Gasteiger partial charge in [-0.05, 0) is 36.4 Å². The van der Waals surface area contributed by atoms with Crippen molar-refractivity contribution in [1.29, 1.82) is 0 Å². The second kappa shape index (κ2) is 8.00. The quantitative estimate of drug-likeness (QED) is 0.690. The maximum absolute atomic E-state index is 11.7. The molecule has 0 unspecified atom stereocenters. The predicted molar refractivity (Wildman–Crippen MR) is 87.0 cm³/mol. The Hall–Kier alpha value is -2.79. The molecule has 0 aromatic heterocycles. The van der Waals surface area contributed by atoms with Crippen molar-refractivity contribution in [3.63, 3.8) is 0 Å². The zero-order chi connectivity index (χ0) is 16.7. The minimum Gasteiger partial charge on any atom is -0.496 e.